The van der Waals surface area contributed by atoms with Crippen LogP contribution in [0.25, 0.3) is 0 Å². The minimum atomic E-state index is -0.653. The molecule has 0 heterocycles. The maximum Gasteiger partial charge on any atom is 0.243 e. The number of nitrogens with one attached hydrogen (secondary N) is 2. The second kappa shape index (κ2) is 7.00. The maximum atomic E-state index is 13.3. The molecular weight excluding hydrogens is 261 g/mol. The van der Waals surface area contributed by atoms with Crippen LogP contribution in [0.4, 0.5) is 10.1 Å². The monoisotopic (exact) mass is 281 g/mol. The number of rotatable bonds is 5. The SMILES string of the molecule is Cc1ccc(NC(=O)CNC(=O)[C@@H](N)C(C)C)cc1F. The summed E-state index contributed by atoms with van der Waals surface area (Å²) in [4.78, 5) is 23.2. The molecule has 0 radical (unpaired) electrons. The molecule has 1 rings (SSSR count). The van der Waals surface area contributed by atoms with Crippen molar-refractivity contribution in [2.75, 3.05) is 11.9 Å². The zero-order valence-corrected chi connectivity index (χ0v) is 11.9. The quantitative estimate of drug-likeness (QED) is 0.757. The zero-order valence-electron chi connectivity index (χ0n) is 11.9. The lowest BCUT2D eigenvalue weighted by Crippen LogP contribution is -2.46. The minimum Gasteiger partial charge on any atom is -0.346 e. The summed E-state index contributed by atoms with van der Waals surface area (Å²) in [6, 6.07) is 3.74. The number of benzene rings is 1. The van der Waals surface area contributed by atoms with Crippen molar-refractivity contribution >= 4 is 17.5 Å². The average Bonchev–Trinajstić information content (AvgIpc) is 2.39. The molecule has 0 aliphatic carbocycles. The lowest BCUT2D eigenvalue weighted by Gasteiger charge is -2.15. The van der Waals surface area contributed by atoms with Crippen LogP contribution in [0.1, 0.15) is 19.4 Å². The summed E-state index contributed by atoms with van der Waals surface area (Å²) in [7, 11) is 0. The van der Waals surface area contributed by atoms with Gasteiger partial charge in [0.1, 0.15) is 5.82 Å². The topological polar surface area (TPSA) is 84.2 Å². The number of halogens is 1. The molecule has 2 amide bonds. The molecule has 4 N–H and O–H groups in total. The Morgan fingerprint density at radius 2 is 2.00 bits per heavy atom. The third kappa shape index (κ3) is 4.62. The van der Waals surface area contributed by atoms with E-state index >= 15 is 0 Å². The predicted molar refractivity (Wildman–Crippen MR) is 75.6 cm³/mol. The molecular formula is C14H20FN3O2. The standard InChI is InChI=1S/C14H20FN3O2/c1-8(2)13(16)14(20)17-7-12(19)18-10-5-4-9(3)11(15)6-10/h4-6,8,13H,7,16H2,1-3H3,(H,17,20)(H,18,19)/t13-/m0/s1. The first-order valence-electron chi connectivity index (χ1n) is 6.40. The van der Waals surface area contributed by atoms with Gasteiger partial charge in [-0.25, -0.2) is 4.39 Å². The Hall–Kier alpha value is -1.95. The van der Waals surface area contributed by atoms with Crippen molar-refractivity contribution in [3.05, 3.63) is 29.6 Å². The zero-order chi connectivity index (χ0) is 15.3. The Morgan fingerprint density at radius 3 is 2.55 bits per heavy atom. The largest absolute Gasteiger partial charge is 0.346 e. The van der Waals surface area contributed by atoms with Gasteiger partial charge in [0, 0.05) is 5.69 Å². The normalized spacial score (nSPS) is 12.1. The summed E-state index contributed by atoms with van der Waals surface area (Å²) in [6.07, 6.45) is 0. The molecule has 0 saturated carbocycles. The number of hydrogen-bond donors (Lipinski definition) is 3. The van der Waals surface area contributed by atoms with E-state index in [2.05, 4.69) is 10.6 Å². The van der Waals surface area contributed by atoms with Gasteiger partial charge in [-0.3, -0.25) is 9.59 Å². The summed E-state index contributed by atoms with van der Waals surface area (Å²) in [5, 5.41) is 4.94. The summed E-state index contributed by atoms with van der Waals surface area (Å²) in [5.41, 5.74) is 6.49. The third-order valence-corrected chi connectivity index (χ3v) is 2.90. The van der Waals surface area contributed by atoms with Crippen LogP contribution < -0.4 is 16.4 Å². The Bertz CT molecular complexity index is 503. The number of hydrogen-bond acceptors (Lipinski definition) is 3. The maximum absolute atomic E-state index is 13.3. The Morgan fingerprint density at radius 1 is 1.35 bits per heavy atom. The van der Waals surface area contributed by atoms with E-state index < -0.39 is 17.8 Å². The molecule has 0 bridgehead atoms. The van der Waals surface area contributed by atoms with Crippen molar-refractivity contribution in [1.29, 1.82) is 0 Å². The van der Waals surface area contributed by atoms with Gasteiger partial charge in [-0.05, 0) is 30.5 Å². The third-order valence-electron chi connectivity index (χ3n) is 2.90. The molecule has 5 nitrogen and oxygen atoms in total. The van der Waals surface area contributed by atoms with E-state index in [0.717, 1.165) is 0 Å². The number of carbonyl (C=O) groups is 2. The number of aryl methyl sites for hydroxylation is 1. The van der Waals surface area contributed by atoms with E-state index in [-0.39, 0.29) is 18.4 Å². The van der Waals surface area contributed by atoms with Crippen molar-refractivity contribution in [2.24, 2.45) is 11.7 Å². The average molecular weight is 281 g/mol. The molecule has 0 saturated heterocycles. The summed E-state index contributed by atoms with van der Waals surface area (Å²) in [5.74, 6) is -1.22. The van der Waals surface area contributed by atoms with Crippen LogP contribution in [0.5, 0.6) is 0 Å². The highest BCUT2D eigenvalue weighted by molar-refractivity contribution is 5.95. The van der Waals surface area contributed by atoms with Crippen LogP contribution in [-0.2, 0) is 9.59 Å². The molecule has 1 atom stereocenters. The highest BCUT2D eigenvalue weighted by Gasteiger charge is 2.17. The number of nitrogens with two attached hydrogens (primary N) is 1. The van der Waals surface area contributed by atoms with Crippen molar-refractivity contribution in [2.45, 2.75) is 26.8 Å². The molecule has 20 heavy (non-hydrogen) atoms. The van der Waals surface area contributed by atoms with E-state index in [1.807, 2.05) is 13.8 Å². The van der Waals surface area contributed by atoms with Gasteiger partial charge < -0.3 is 16.4 Å². The van der Waals surface area contributed by atoms with Gasteiger partial charge in [0.05, 0.1) is 12.6 Å². The summed E-state index contributed by atoms with van der Waals surface area (Å²) >= 11 is 0. The highest BCUT2D eigenvalue weighted by Crippen LogP contribution is 2.13. The second-order valence-corrected chi connectivity index (χ2v) is 5.00. The van der Waals surface area contributed by atoms with E-state index in [4.69, 9.17) is 5.73 Å². The predicted octanol–water partition coefficient (Wildman–Crippen LogP) is 1.17. The Balaban J connectivity index is 2.48. The fourth-order valence-corrected chi connectivity index (χ4v) is 1.46. The van der Waals surface area contributed by atoms with Crippen LogP contribution in [0.2, 0.25) is 0 Å². The Kier molecular flexibility index (Phi) is 5.64. The lowest BCUT2D eigenvalue weighted by atomic mass is 10.1. The van der Waals surface area contributed by atoms with E-state index in [9.17, 15) is 14.0 Å². The van der Waals surface area contributed by atoms with Crippen LogP contribution in [0, 0.1) is 18.7 Å². The molecule has 1 aromatic rings. The van der Waals surface area contributed by atoms with Crippen LogP contribution >= 0.6 is 0 Å². The van der Waals surface area contributed by atoms with Crippen molar-refractivity contribution < 1.29 is 14.0 Å². The Labute approximate surface area is 117 Å². The van der Waals surface area contributed by atoms with Crippen LogP contribution in [0.3, 0.4) is 0 Å². The molecule has 0 fully saturated rings. The van der Waals surface area contributed by atoms with Gasteiger partial charge >= 0.3 is 0 Å². The molecule has 0 aromatic heterocycles. The molecule has 0 unspecified atom stereocenters. The summed E-state index contributed by atoms with van der Waals surface area (Å²) in [6.45, 7) is 5.07. The number of amides is 2. The molecule has 0 spiro atoms. The minimum absolute atomic E-state index is 0.00995. The fraction of sp³-hybridized carbons (Fsp3) is 0.429. The van der Waals surface area contributed by atoms with Gasteiger partial charge in [-0.15, -0.1) is 0 Å². The van der Waals surface area contributed by atoms with Crippen LogP contribution in [-0.4, -0.2) is 24.4 Å². The number of carbonyl (C=O) groups excluding carboxylic acids is 2. The second-order valence-electron chi connectivity index (χ2n) is 5.00. The first-order valence-corrected chi connectivity index (χ1v) is 6.40. The first-order chi connectivity index (χ1) is 9.31. The lowest BCUT2D eigenvalue weighted by molar-refractivity contribution is -0.125. The van der Waals surface area contributed by atoms with E-state index in [1.54, 1.807) is 19.1 Å². The number of anilines is 1. The highest BCUT2D eigenvalue weighted by atomic mass is 19.1. The van der Waals surface area contributed by atoms with Gasteiger partial charge in [-0.2, -0.15) is 0 Å². The molecule has 6 heteroatoms. The van der Waals surface area contributed by atoms with E-state index in [1.165, 1.54) is 6.07 Å². The molecule has 1 aromatic carbocycles. The van der Waals surface area contributed by atoms with Crippen LogP contribution in [0.15, 0.2) is 18.2 Å². The van der Waals surface area contributed by atoms with E-state index in [0.29, 0.717) is 11.3 Å². The summed E-state index contributed by atoms with van der Waals surface area (Å²) < 4.78 is 13.3. The van der Waals surface area contributed by atoms with Gasteiger partial charge in [0.15, 0.2) is 0 Å². The fourth-order valence-electron chi connectivity index (χ4n) is 1.46. The van der Waals surface area contributed by atoms with Gasteiger partial charge in [0.2, 0.25) is 11.8 Å². The van der Waals surface area contributed by atoms with Gasteiger partial charge in [-0.1, -0.05) is 19.9 Å². The molecule has 110 valence electrons. The molecule has 0 aliphatic heterocycles. The van der Waals surface area contributed by atoms with Crippen molar-refractivity contribution in [3.8, 4) is 0 Å². The smallest absolute Gasteiger partial charge is 0.243 e. The molecule has 0 aliphatic rings. The van der Waals surface area contributed by atoms with Crippen molar-refractivity contribution in [1.82, 2.24) is 5.32 Å². The van der Waals surface area contributed by atoms with Crippen molar-refractivity contribution in [3.63, 3.8) is 0 Å². The van der Waals surface area contributed by atoms with Gasteiger partial charge in [0.25, 0.3) is 0 Å². The first kappa shape index (κ1) is 16.1.